The Kier molecular flexibility index (Phi) is 4.29. The van der Waals surface area contributed by atoms with E-state index in [1.165, 1.54) is 30.5 Å². The third-order valence-electron chi connectivity index (χ3n) is 3.17. The summed E-state index contributed by atoms with van der Waals surface area (Å²) in [5.74, 6) is 0. The molecule has 2 aromatic rings. The summed E-state index contributed by atoms with van der Waals surface area (Å²) in [5, 5.41) is 5.05. The predicted octanol–water partition coefficient (Wildman–Crippen LogP) is 1.27. The second kappa shape index (κ2) is 6.18. The van der Waals surface area contributed by atoms with Gasteiger partial charge in [0.1, 0.15) is 6.33 Å². The molecule has 1 aliphatic rings. The van der Waals surface area contributed by atoms with E-state index in [1.807, 2.05) is 0 Å². The third kappa shape index (κ3) is 4.07. The molecule has 1 saturated carbocycles. The molecule has 0 saturated heterocycles. The van der Waals surface area contributed by atoms with Crippen molar-refractivity contribution in [2.24, 2.45) is 0 Å². The smallest absolute Gasteiger partial charge is 0.241 e. The van der Waals surface area contributed by atoms with Gasteiger partial charge >= 0.3 is 0 Å². The number of sulfonamides is 1. The van der Waals surface area contributed by atoms with Crippen LogP contribution in [0.3, 0.4) is 0 Å². The van der Waals surface area contributed by atoms with Gasteiger partial charge < -0.3 is 5.32 Å². The maximum Gasteiger partial charge on any atom is 0.241 e. The van der Waals surface area contributed by atoms with Crippen molar-refractivity contribution in [3.05, 3.63) is 40.6 Å². The van der Waals surface area contributed by atoms with E-state index in [1.54, 1.807) is 23.7 Å². The van der Waals surface area contributed by atoms with Crippen LogP contribution in [0.25, 0.3) is 0 Å². The number of rotatable bonds is 7. The van der Waals surface area contributed by atoms with Crippen molar-refractivity contribution in [3.8, 4) is 0 Å². The Morgan fingerprint density at radius 2 is 2.19 bits per heavy atom. The summed E-state index contributed by atoms with van der Waals surface area (Å²) < 4.78 is 27.0. The number of thiophene rings is 1. The molecule has 1 aliphatic carbocycles. The molecule has 21 heavy (non-hydrogen) atoms. The highest BCUT2D eigenvalue weighted by Crippen LogP contribution is 2.22. The lowest BCUT2D eigenvalue weighted by molar-refractivity contribution is 0.580. The first-order chi connectivity index (χ1) is 10.1. The second-order valence-electron chi connectivity index (χ2n) is 4.93. The SMILES string of the molecule is O=S(=O)(NCc1ccncn1)c1csc(CNC2CC2)c1. The first-order valence-electron chi connectivity index (χ1n) is 6.69. The minimum atomic E-state index is -3.49. The molecule has 0 bridgehead atoms. The second-order valence-corrected chi connectivity index (χ2v) is 7.69. The van der Waals surface area contributed by atoms with Crippen LogP contribution < -0.4 is 10.0 Å². The van der Waals surface area contributed by atoms with Crippen molar-refractivity contribution in [1.29, 1.82) is 0 Å². The van der Waals surface area contributed by atoms with Crippen LogP contribution in [0.15, 0.2) is 34.9 Å². The zero-order chi connectivity index (χ0) is 14.7. The van der Waals surface area contributed by atoms with E-state index < -0.39 is 10.0 Å². The van der Waals surface area contributed by atoms with Gasteiger partial charge in [-0.25, -0.2) is 23.1 Å². The summed E-state index contributed by atoms with van der Waals surface area (Å²) in [6.45, 7) is 0.896. The molecule has 6 nitrogen and oxygen atoms in total. The van der Waals surface area contributed by atoms with Crippen LogP contribution in [0.5, 0.6) is 0 Å². The Bertz CT molecular complexity index is 696. The van der Waals surface area contributed by atoms with Crippen molar-refractivity contribution < 1.29 is 8.42 Å². The third-order valence-corrected chi connectivity index (χ3v) is 5.64. The van der Waals surface area contributed by atoms with E-state index in [0.717, 1.165) is 11.4 Å². The highest BCUT2D eigenvalue weighted by atomic mass is 32.2. The summed E-state index contributed by atoms with van der Waals surface area (Å²) in [5.41, 5.74) is 0.638. The number of hydrogen-bond donors (Lipinski definition) is 2. The summed E-state index contributed by atoms with van der Waals surface area (Å²) in [6.07, 6.45) is 5.42. The van der Waals surface area contributed by atoms with E-state index in [4.69, 9.17) is 0 Å². The van der Waals surface area contributed by atoms with Crippen LogP contribution in [0, 0.1) is 0 Å². The molecule has 8 heteroatoms. The van der Waals surface area contributed by atoms with Crippen LogP contribution >= 0.6 is 11.3 Å². The molecular formula is C13H16N4O2S2. The molecule has 2 N–H and O–H groups in total. The largest absolute Gasteiger partial charge is 0.309 e. The predicted molar refractivity (Wildman–Crippen MR) is 80.2 cm³/mol. The van der Waals surface area contributed by atoms with Gasteiger partial charge in [-0.1, -0.05) is 0 Å². The number of aromatic nitrogens is 2. The minimum Gasteiger partial charge on any atom is -0.309 e. The molecule has 0 amide bonds. The summed E-state index contributed by atoms with van der Waals surface area (Å²) >= 11 is 1.46. The summed E-state index contributed by atoms with van der Waals surface area (Å²) in [7, 11) is -3.49. The lowest BCUT2D eigenvalue weighted by atomic mass is 10.4. The molecule has 0 radical (unpaired) electrons. The van der Waals surface area contributed by atoms with Crippen LogP contribution in [0.4, 0.5) is 0 Å². The lowest BCUT2D eigenvalue weighted by Crippen LogP contribution is -2.23. The van der Waals surface area contributed by atoms with Gasteiger partial charge in [0.15, 0.2) is 0 Å². The van der Waals surface area contributed by atoms with Crippen LogP contribution in [-0.4, -0.2) is 24.4 Å². The number of nitrogens with one attached hydrogen (secondary N) is 2. The van der Waals surface area contributed by atoms with E-state index >= 15 is 0 Å². The van der Waals surface area contributed by atoms with Gasteiger partial charge in [0, 0.05) is 29.0 Å². The van der Waals surface area contributed by atoms with Crippen molar-refractivity contribution >= 4 is 21.4 Å². The van der Waals surface area contributed by atoms with E-state index in [9.17, 15) is 8.42 Å². The number of nitrogens with zero attached hydrogens (tertiary/aromatic N) is 2. The minimum absolute atomic E-state index is 0.163. The van der Waals surface area contributed by atoms with Crippen molar-refractivity contribution in [1.82, 2.24) is 20.0 Å². The molecule has 2 heterocycles. The number of hydrogen-bond acceptors (Lipinski definition) is 6. The molecule has 2 aromatic heterocycles. The molecule has 0 aromatic carbocycles. The Hall–Kier alpha value is -1.35. The quantitative estimate of drug-likeness (QED) is 0.801. The summed E-state index contributed by atoms with van der Waals surface area (Å²) in [6, 6.07) is 4.02. The highest BCUT2D eigenvalue weighted by Gasteiger charge is 2.21. The van der Waals surface area contributed by atoms with Crippen molar-refractivity contribution in [2.45, 2.75) is 36.9 Å². The highest BCUT2D eigenvalue weighted by molar-refractivity contribution is 7.89. The molecule has 0 atom stereocenters. The molecule has 1 fully saturated rings. The van der Waals surface area contributed by atoms with Gasteiger partial charge in [0.05, 0.1) is 17.1 Å². The van der Waals surface area contributed by atoms with Crippen LogP contribution in [-0.2, 0) is 23.1 Å². The Morgan fingerprint density at radius 1 is 1.33 bits per heavy atom. The Balaban J connectivity index is 1.61. The van der Waals surface area contributed by atoms with Gasteiger partial charge in [0.2, 0.25) is 10.0 Å². The zero-order valence-electron chi connectivity index (χ0n) is 11.3. The van der Waals surface area contributed by atoms with E-state index in [0.29, 0.717) is 16.6 Å². The fourth-order valence-corrected chi connectivity index (χ4v) is 4.03. The molecule has 0 spiro atoms. The molecule has 3 rings (SSSR count). The maximum atomic E-state index is 12.2. The van der Waals surface area contributed by atoms with Crippen molar-refractivity contribution in [3.63, 3.8) is 0 Å². The molecule has 0 aliphatic heterocycles. The Labute approximate surface area is 127 Å². The van der Waals surface area contributed by atoms with E-state index in [-0.39, 0.29) is 6.54 Å². The van der Waals surface area contributed by atoms with Gasteiger partial charge in [-0.2, -0.15) is 0 Å². The average molecular weight is 324 g/mol. The lowest BCUT2D eigenvalue weighted by Gasteiger charge is -2.04. The van der Waals surface area contributed by atoms with Gasteiger partial charge in [-0.15, -0.1) is 11.3 Å². The average Bonchev–Trinajstić information content (AvgIpc) is 3.20. The van der Waals surface area contributed by atoms with Gasteiger partial charge in [0.25, 0.3) is 0 Å². The fraction of sp³-hybridized carbons (Fsp3) is 0.385. The first-order valence-corrected chi connectivity index (χ1v) is 9.05. The van der Waals surface area contributed by atoms with Gasteiger partial charge in [-0.3, -0.25) is 0 Å². The first kappa shape index (κ1) is 14.6. The van der Waals surface area contributed by atoms with Crippen LogP contribution in [0.1, 0.15) is 23.4 Å². The monoisotopic (exact) mass is 324 g/mol. The summed E-state index contributed by atoms with van der Waals surface area (Å²) in [4.78, 5) is 9.13. The van der Waals surface area contributed by atoms with E-state index in [2.05, 4.69) is 20.0 Å². The van der Waals surface area contributed by atoms with Crippen molar-refractivity contribution in [2.75, 3.05) is 0 Å². The Morgan fingerprint density at radius 3 is 2.90 bits per heavy atom. The van der Waals surface area contributed by atoms with Crippen LogP contribution in [0.2, 0.25) is 0 Å². The molecular weight excluding hydrogens is 308 g/mol. The molecule has 112 valence electrons. The van der Waals surface area contributed by atoms with Gasteiger partial charge in [-0.05, 0) is 25.0 Å². The maximum absolute atomic E-state index is 12.2. The fourth-order valence-electron chi connectivity index (χ4n) is 1.80. The molecule has 0 unspecified atom stereocenters. The zero-order valence-corrected chi connectivity index (χ0v) is 13.0. The topological polar surface area (TPSA) is 84.0 Å². The normalized spacial score (nSPS) is 15.2. The standard InChI is InChI=1S/C13H16N4O2S2/c18-21(19,17-6-11-3-4-14-9-16-11)13-5-12(20-8-13)7-15-10-1-2-10/h3-5,8-10,15,17H,1-2,6-7H2.